The molecule has 0 unspecified atom stereocenters. The molecule has 1 aliphatic heterocycles. The molecule has 0 spiro atoms. The fourth-order valence-electron chi connectivity index (χ4n) is 3.83. The highest BCUT2D eigenvalue weighted by molar-refractivity contribution is 5.65. The molecular formula is C24H38F2N8O3. The van der Waals surface area contributed by atoms with Crippen LogP contribution in [-0.2, 0) is 17.8 Å². The van der Waals surface area contributed by atoms with Crippen LogP contribution < -0.4 is 21.2 Å². The highest BCUT2D eigenvalue weighted by Crippen LogP contribution is 2.32. The number of aryl methyl sites for hydroxylation is 1. The molecule has 1 fully saturated rings. The lowest BCUT2D eigenvalue weighted by Crippen LogP contribution is -2.43. The van der Waals surface area contributed by atoms with Gasteiger partial charge in [-0.3, -0.25) is 4.79 Å². The summed E-state index contributed by atoms with van der Waals surface area (Å²) >= 11 is 0. The van der Waals surface area contributed by atoms with Crippen LogP contribution in [0.4, 0.5) is 14.5 Å². The number of aromatic nitrogens is 4. The molecule has 0 bridgehead atoms. The van der Waals surface area contributed by atoms with Crippen LogP contribution in [0.5, 0.6) is 5.88 Å². The number of alkyl halides is 2. The van der Waals surface area contributed by atoms with Crippen molar-refractivity contribution in [3.05, 3.63) is 35.4 Å². The number of hydrogen-bond acceptors (Lipinski definition) is 9. The number of pyridine rings is 1. The molecule has 0 atom stereocenters. The fourth-order valence-corrected chi connectivity index (χ4v) is 3.83. The van der Waals surface area contributed by atoms with Crippen molar-refractivity contribution in [2.45, 2.75) is 59.4 Å². The molecule has 37 heavy (non-hydrogen) atoms. The third kappa shape index (κ3) is 9.16. The summed E-state index contributed by atoms with van der Waals surface area (Å²) in [5, 5.41) is 16.9. The molecule has 1 saturated heterocycles. The highest BCUT2D eigenvalue weighted by Gasteiger charge is 2.36. The number of rotatable bonds is 9. The van der Waals surface area contributed by atoms with Gasteiger partial charge in [0.15, 0.2) is 0 Å². The number of halogens is 2. The maximum absolute atomic E-state index is 13.9. The minimum Gasteiger partial charge on any atom is -0.481 e. The maximum atomic E-state index is 13.9. The van der Waals surface area contributed by atoms with Crippen LogP contribution in [0.15, 0.2) is 24.0 Å². The van der Waals surface area contributed by atoms with Crippen LogP contribution in [0.2, 0.25) is 0 Å². The van der Waals surface area contributed by atoms with Gasteiger partial charge in [-0.15, -0.1) is 0 Å². The first-order chi connectivity index (χ1) is 17.3. The number of nitrogens with two attached hydrogens (primary N) is 2. The van der Waals surface area contributed by atoms with Crippen molar-refractivity contribution in [1.29, 1.82) is 0 Å². The number of carboxylic acid groups (broad SMARTS) is 1. The molecule has 0 aliphatic carbocycles. The highest BCUT2D eigenvalue weighted by atomic mass is 19.3. The Hall–Kier alpha value is -3.48. The molecular weight excluding hydrogens is 486 g/mol. The molecule has 1 aliphatic rings. The molecule has 0 aromatic carbocycles. The number of ether oxygens (including phenoxy) is 1. The van der Waals surface area contributed by atoms with Crippen molar-refractivity contribution in [1.82, 2.24) is 25.0 Å². The Bertz CT molecular complexity index is 1070. The SMILES string of the molecule is CC(=O)O.CCc1nc(/C(N)=C(\COc2cn(CC(C)C)nn2)N(C)N)ccc1N1CCCC(F)(F)C1. The summed E-state index contributed by atoms with van der Waals surface area (Å²) < 4.78 is 35.3. The summed E-state index contributed by atoms with van der Waals surface area (Å²) in [7, 11) is 1.66. The number of piperidine rings is 1. The summed E-state index contributed by atoms with van der Waals surface area (Å²) in [4.78, 5) is 15.4. The van der Waals surface area contributed by atoms with Crippen molar-refractivity contribution < 1.29 is 23.4 Å². The minimum atomic E-state index is -2.69. The van der Waals surface area contributed by atoms with Crippen molar-refractivity contribution in [2.24, 2.45) is 17.5 Å². The fraction of sp³-hybridized carbons (Fsp3) is 0.583. The number of likely N-dealkylation sites (N-methyl/N-ethyl adjacent to an activating group) is 1. The van der Waals surface area contributed by atoms with E-state index in [1.165, 1.54) is 5.01 Å². The first-order valence-electron chi connectivity index (χ1n) is 12.2. The molecule has 5 N–H and O–H groups in total. The van der Waals surface area contributed by atoms with Crippen LogP contribution in [0.25, 0.3) is 5.70 Å². The summed E-state index contributed by atoms with van der Waals surface area (Å²) in [6.45, 7) is 8.29. The minimum absolute atomic E-state index is 0.0719. The van der Waals surface area contributed by atoms with E-state index in [2.05, 4.69) is 29.1 Å². The van der Waals surface area contributed by atoms with Gasteiger partial charge in [-0.1, -0.05) is 31.1 Å². The lowest BCUT2D eigenvalue weighted by Gasteiger charge is -2.35. The number of anilines is 1. The second kappa shape index (κ2) is 13.2. The summed E-state index contributed by atoms with van der Waals surface area (Å²) in [5.41, 5.74) is 9.21. The maximum Gasteiger partial charge on any atom is 0.300 e. The molecule has 2 aromatic rings. The number of carbonyl (C=O) groups is 1. The number of hydrazine groups is 1. The lowest BCUT2D eigenvalue weighted by molar-refractivity contribution is -0.134. The zero-order valence-electron chi connectivity index (χ0n) is 22.1. The Balaban J connectivity index is 0.00000112. The summed E-state index contributed by atoms with van der Waals surface area (Å²) in [5.74, 6) is 3.29. The first-order valence-corrected chi connectivity index (χ1v) is 12.2. The van der Waals surface area contributed by atoms with Gasteiger partial charge in [-0.05, 0) is 30.9 Å². The van der Waals surface area contributed by atoms with Gasteiger partial charge in [0.05, 0.1) is 41.2 Å². The average Bonchev–Trinajstić information content (AvgIpc) is 3.23. The number of nitrogens with zero attached hydrogens (tertiary/aromatic N) is 6. The van der Waals surface area contributed by atoms with Crippen LogP contribution >= 0.6 is 0 Å². The van der Waals surface area contributed by atoms with E-state index in [1.54, 1.807) is 28.9 Å². The lowest BCUT2D eigenvalue weighted by atomic mass is 10.1. The van der Waals surface area contributed by atoms with Crippen LogP contribution in [0, 0.1) is 5.92 Å². The molecule has 0 saturated carbocycles. The number of aliphatic carboxylic acids is 1. The van der Waals surface area contributed by atoms with Crippen molar-refractivity contribution in [2.75, 3.05) is 31.6 Å². The molecule has 206 valence electrons. The Morgan fingerprint density at radius 3 is 2.59 bits per heavy atom. The molecule has 0 amide bonds. The predicted octanol–water partition coefficient (Wildman–Crippen LogP) is 2.73. The van der Waals surface area contributed by atoms with Crippen LogP contribution in [0.1, 0.15) is 51.9 Å². The monoisotopic (exact) mass is 524 g/mol. The Labute approximate surface area is 216 Å². The average molecular weight is 525 g/mol. The van der Waals surface area contributed by atoms with E-state index in [-0.39, 0.29) is 19.6 Å². The quantitative estimate of drug-likeness (QED) is 0.330. The molecule has 0 radical (unpaired) electrons. The van der Waals surface area contributed by atoms with Gasteiger partial charge in [-0.25, -0.2) is 24.3 Å². The predicted molar refractivity (Wildman–Crippen MR) is 137 cm³/mol. The molecule has 3 heterocycles. The van der Waals surface area contributed by atoms with E-state index < -0.39 is 11.9 Å². The Morgan fingerprint density at radius 2 is 2.03 bits per heavy atom. The molecule has 2 aromatic heterocycles. The van der Waals surface area contributed by atoms with Gasteiger partial charge >= 0.3 is 0 Å². The van der Waals surface area contributed by atoms with Gasteiger partial charge in [0.1, 0.15) is 6.61 Å². The largest absolute Gasteiger partial charge is 0.481 e. The van der Waals surface area contributed by atoms with E-state index in [0.717, 1.165) is 13.5 Å². The van der Waals surface area contributed by atoms with Gasteiger partial charge in [0.2, 0.25) is 0 Å². The van der Waals surface area contributed by atoms with Crippen molar-refractivity contribution >= 4 is 17.4 Å². The van der Waals surface area contributed by atoms with Crippen LogP contribution in [0.3, 0.4) is 0 Å². The van der Waals surface area contributed by atoms with Crippen molar-refractivity contribution in [3.8, 4) is 5.88 Å². The van der Waals surface area contributed by atoms with Gasteiger partial charge in [0, 0.05) is 33.5 Å². The second-order valence-corrected chi connectivity index (χ2v) is 9.35. The Kier molecular flexibility index (Phi) is 10.6. The first kappa shape index (κ1) is 29.7. The van der Waals surface area contributed by atoms with E-state index in [9.17, 15) is 8.78 Å². The van der Waals surface area contributed by atoms with Crippen molar-refractivity contribution in [3.63, 3.8) is 0 Å². The standard InChI is InChI=1S/C22H34F2N8O.C2H4O2/c1-5-16-18(31-10-6-9-22(23,24)14-31)8-7-17(27-16)21(25)19(30(4)26)13-33-20-12-32(29-28-20)11-15(2)3;1-2(3)4/h7-8,12,15H,5-6,9-11,13-14,25-26H2,1-4H3;1H3,(H,3,4)/b21-19-;. The van der Waals surface area contributed by atoms with E-state index in [4.69, 9.17) is 26.2 Å². The molecule has 3 rings (SSSR count). The zero-order valence-corrected chi connectivity index (χ0v) is 22.1. The molecule has 11 nitrogen and oxygen atoms in total. The zero-order chi connectivity index (χ0) is 27.8. The van der Waals surface area contributed by atoms with E-state index in [0.29, 0.717) is 59.7 Å². The third-order valence-electron chi connectivity index (χ3n) is 5.46. The van der Waals surface area contributed by atoms with Gasteiger partial charge < -0.3 is 25.5 Å². The summed E-state index contributed by atoms with van der Waals surface area (Å²) in [6, 6.07) is 3.54. The van der Waals surface area contributed by atoms with Crippen LogP contribution in [-0.4, -0.2) is 68.7 Å². The number of hydrogen-bond donors (Lipinski definition) is 3. The molecule has 13 heteroatoms. The number of carboxylic acids is 1. The van der Waals surface area contributed by atoms with E-state index in [1.807, 2.05) is 13.0 Å². The van der Waals surface area contributed by atoms with Gasteiger partial charge in [0.25, 0.3) is 17.8 Å². The Morgan fingerprint density at radius 1 is 1.35 bits per heavy atom. The van der Waals surface area contributed by atoms with Gasteiger partial charge in [-0.2, -0.15) is 0 Å². The van der Waals surface area contributed by atoms with E-state index >= 15 is 0 Å². The topological polar surface area (TPSA) is 149 Å². The summed E-state index contributed by atoms with van der Waals surface area (Å²) in [6.07, 6.45) is 2.67. The smallest absolute Gasteiger partial charge is 0.300 e. The third-order valence-corrected chi connectivity index (χ3v) is 5.46. The normalized spacial score (nSPS) is 15.5. The second-order valence-electron chi connectivity index (χ2n) is 9.35.